The van der Waals surface area contributed by atoms with Gasteiger partial charge in [-0.25, -0.2) is 9.48 Å². The summed E-state index contributed by atoms with van der Waals surface area (Å²) >= 11 is 0. The molecule has 4 aromatic rings. The monoisotopic (exact) mass is 384 g/mol. The molecule has 0 saturated heterocycles. The summed E-state index contributed by atoms with van der Waals surface area (Å²) in [4.78, 5) is 16.7. The normalized spacial score (nSPS) is 10.8. The number of aromatic nitrogens is 3. The quantitative estimate of drug-likeness (QED) is 0.505. The lowest BCUT2D eigenvalue weighted by atomic mass is 9.90. The van der Waals surface area contributed by atoms with E-state index >= 15 is 0 Å². The molecule has 2 heterocycles. The first-order chi connectivity index (χ1) is 14.0. The van der Waals surface area contributed by atoms with Crippen LogP contribution in [0.2, 0.25) is 0 Å². The van der Waals surface area contributed by atoms with Crippen LogP contribution in [0, 0.1) is 13.8 Å². The molecule has 0 amide bonds. The van der Waals surface area contributed by atoms with E-state index in [1.54, 1.807) is 17.7 Å². The Balaban J connectivity index is 2.03. The van der Waals surface area contributed by atoms with Gasteiger partial charge in [0.2, 0.25) is 0 Å². The van der Waals surface area contributed by atoms with Crippen molar-refractivity contribution in [1.82, 2.24) is 14.8 Å². The number of benzene rings is 2. The molecule has 4 rings (SSSR count). The fourth-order valence-corrected chi connectivity index (χ4v) is 3.60. The highest BCUT2D eigenvalue weighted by molar-refractivity contribution is 6.03. The molecule has 0 radical (unpaired) electrons. The SMILES string of the molecule is Cc1nc(C)c(-c2ccccc2N)c(-c2ccn(-c3ccccc3)n2)c1C(=O)O. The Labute approximate surface area is 168 Å². The Morgan fingerprint density at radius 1 is 0.931 bits per heavy atom. The zero-order valence-electron chi connectivity index (χ0n) is 16.1. The van der Waals surface area contributed by atoms with E-state index in [9.17, 15) is 9.90 Å². The van der Waals surface area contributed by atoms with Gasteiger partial charge >= 0.3 is 5.97 Å². The third-order valence-corrected chi connectivity index (χ3v) is 4.87. The maximum atomic E-state index is 12.2. The van der Waals surface area contributed by atoms with Gasteiger partial charge in [0.25, 0.3) is 0 Å². The molecule has 6 nitrogen and oxygen atoms in total. The fraction of sp³-hybridized carbons (Fsp3) is 0.0870. The van der Waals surface area contributed by atoms with Gasteiger partial charge in [-0.15, -0.1) is 0 Å². The molecule has 6 heteroatoms. The summed E-state index contributed by atoms with van der Waals surface area (Å²) in [5.41, 5.74) is 11.5. The van der Waals surface area contributed by atoms with Gasteiger partial charge in [0.1, 0.15) is 0 Å². The molecule has 0 spiro atoms. The van der Waals surface area contributed by atoms with E-state index in [2.05, 4.69) is 10.1 Å². The number of aryl methyl sites for hydroxylation is 2. The van der Waals surface area contributed by atoms with E-state index < -0.39 is 5.97 Å². The van der Waals surface area contributed by atoms with Gasteiger partial charge < -0.3 is 10.8 Å². The first-order valence-electron chi connectivity index (χ1n) is 9.18. The van der Waals surface area contributed by atoms with Crippen molar-refractivity contribution in [3.05, 3.63) is 83.8 Å². The van der Waals surface area contributed by atoms with Crippen molar-refractivity contribution < 1.29 is 9.90 Å². The van der Waals surface area contributed by atoms with Crippen LogP contribution in [-0.4, -0.2) is 25.8 Å². The minimum Gasteiger partial charge on any atom is -0.478 e. The highest BCUT2D eigenvalue weighted by Gasteiger charge is 2.25. The van der Waals surface area contributed by atoms with Crippen molar-refractivity contribution in [2.45, 2.75) is 13.8 Å². The van der Waals surface area contributed by atoms with Crippen LogP contribution in [0.25, 0.3) is 28.1 Å². The molecule has 29 heavy (non-hydrogen) atoms. The second-order valence-electron chi connectivity index (χ2n) is 6.78. The van der Waals surface area contributed by atoms with Crippen molar-refractivity contribution in [2.75, 3.05) is 5.73 Å². The lowest BCUT2D eigenvalue weighted by Crippen LogP contribution is -2.09. The van der Waals surface area contributed by atoms with Gasteiger partial charge in [0, 0.05) is 34.3 Å². The molecular weight excluding hydrogens is 364 g/mol. The Morgan fingerprint density at radius 2 is 1.62 bits per heavy atom. The second kappa shape index (κ2) is 7.24. The average molecular weight is 384 g/mol. The van der Waals surface area contributed by atoms with Crippen LogP contribution in [0.5, 0.6) is 0 Å². The topological polar surface area (TPSA) is 94.0 Å². The largest absolute Gasteiger partial charge is 0.478 e. The molecule has 3 N–H and O–H groups in total. The van der Waals surface area contributed by atoms with Gasteiger partial charge in [-0.1, -0.05) is 36.4 Å². The molecule has 0 aliphatic heterocycles. The van der Waals surface area contributed by atoms with Crippen LogP contribution in [-0.2, 0) is 0 Å². The molecule has 2 aromatic carbocycles. The molecule has 0 aliphatic carbocycles. The zero-order valence-corrected chi connectivity index (χ0v) is 16.1. The van der Waals surface area contributed by atoms with Crippen molar-refractivity contribution >= 4 is 11.7 Å². The molecular formula is C23H20N4O2. The number of para-hydroxylation sites is 2. The number of pyridine rings is 1. The van der Waals surface area contributed by atoms with Crippen molar-refractivity contribution in [1.29, 1.82) is 0 Å². The number of rotatable bonds is 4. The molecule has 0 aliphatic rings. The second-order valence-corrected chi connectivity index (χ2v) is 6.78. The number of anilines is 1. The number of nitrogen functional groups attached to an aromatic ring is 1. The highest BCUT2D eigenvalue weighted by atomic mass is 16.4. The van der Waals surface area contributed by atoms with Gasteiger partial charge in [-0.3, -0.25) is 4.98 Å². The van der Waals surface area contributed by atoms with Crippen LogP contribution >= 0.6 is 0 Å². The van der Waals surface area contributed by atoms with Crippen LogP contribution in [0.15, 0.2) is 66.9 Å². The van der Waals surface area contributed by atoms with E-state index in [0.717, 1.165) is 11.3 Å². The molecule has 144 valence electrons. The Morgan fingerprint density at radius 3 is 2.31 bits per heavy atom. The summed E-state index contributed by atoms with van der Waals surface area (Å²) in [6.07, 6.45) is 1.82. The predicted octanol–water partition coefficient (Wildman–Crippen LogP) is 4.50. The average Bonchev–Trinajstić information content (AvgIpc) is 3.18. The van der Waals surface area contributed by atoms with Crippen LogP contribution in [0.1, 0.15) is 21.7 Å². The molecule has 0 fully saturated rings. The predicted molar refractivity (Wildman–Crippen MR) is 113 cm³/mol. The minimum absolute atomic E-state index is 0.132. The number of nitrogens with zero attached hydrogens (tertiary/aromatic N) is 3. The Hall–Kier alpha value is -3.93. The van der Waals surface area contributed by atoms with E-state index in [1.165, 1.54) is 0 Å². The maximum absolute atomic E-state index is 12.2. The van der Waals surface area contributed by atoms with E-state index in [0.29, 0.717) is 33.9 Å². The third-order valence-electron chi connectivity index (χ3n) is 4.87. The Bertz CT molecular complexity index is 1210. The summed E-state index contributed by atoms with van der Waals surface area (Å²) in [5, 5.41) is 14.6. The third kappa shape index (κ3) is 3.25. The van der Waals surface area contributed by atoms with E-state index in [1.807, 2.05) is 67.7 Å². The molecule has 2 aromatic heterocycles. The number of nitrogens with two attached hydrogens (primary N) is 1. The van der Waals surface area contributed by atoms with Gasteiger partial charge in [0.05, 0.1) is 22.6 Å². The maximum Gasteiger partial charge on any atom is 0.338 e. The van der Waals surface area contributed by atoms with Crippen molar-refractivity contribution in [3.63, 3.8) is 0 Å². The number of hydrogen-bond donors (Lipinski definition) is 2. The summed E-state index contributed by atoms with van der Waals surface area (Å²) in [6, 6.07) is 18.9. The molecule has 0 saturated carbocycles. The number of carboxylic acid groups (broad SMARTS) is 1. The number of carbonyl (C=O) groups is 1. The molecule has 0 bridgehead atoms. The number of aromatic carboxylic acids is 1. The van der Waals surface area contributed by atoms with Crippen LogP contribution in [0.4, 0.5) is 5.69 Å². The molecule has 0 atom stereocenters. The first-order valence-corrected chi connectivity index (χ1v) is 9.18. The standard InChI is InChI=1S/C23H20N4O2/c1-14-20(17-10-6-7-11-18(17)24)22(21(23(28)29)15(2)25-14)19-12-13-27(26-19)16-8-4-3-5-9-16/h3-13H,24H2,1-2H3,(H,28,29). The van der Waals surface area contributed by atoms with Crippen LogP contribution in [0.3, 0.4) is 0 Å². The zero-order chi connectivity index (χ0) is 20.5. The Kier molecular flexibility index (Phi) is 4.60. The molecule has 0 unspecified atom stereocenters. The summed E-state index contributed by atoms with van der Waals surface area (Å²) in [7, 11) is 0. The summed E-state index contributed by atoms with van der Waals surface area (Å²) in [6.45, 7) is 3.56. The summed E-state index contributed by atoms with van der Waals surface area (Å²) < 4.78 is 1.73. The number of carboxylic acids is 1. The van der Waals surface area contributed by atoms with E-state index in [4.69, 9.17) is 5.73 Å². The van der Waals surface area contributed by atoms with Crippen LogP contribution < -0.4 is 5.73 Å². The smallest absolute Gasteiger partial charge is 0.338 e. The lowest BCUT2D eigenvalue weighted by molar-refractivity contribution is 0.0696. The summed E-state index contributed by atoms with van der Waals surface area (Å²) in [5.74, 6) is -1.05. The fourth-order valence-electron chi connectivity index (χ4n) is 3.60. The van der Waals surface area contributed by atoms with Crippen molar-refractivity contribution in [3.8, 4) is 28.1 Å². The number of hydrogen-bond acceptors (Lipinski definition) is 4. The first kappa shape index (κ1) is 18.4. The minimum atomic E-state index is -1.05. The van der Waals surface area contributed by atoms with E-state index in [-0.39, 0.29) is 5.56 Å². The van der Waals surface area contributed by atoms with Gasteiger partial charge in [-0.2, -0.15) is 5.10 Å². The highest BCUT2D eigenvalue weighted by Crippen LogP contribution is 2.39. The van der Waals surface area contributed by atoms with Gasteiger partial charge in [-0.05, 0) is 38.1 Å². The lowest BCUT2D eigenvalue weighted by Gasteiger charge is -2.17. The van der Waals surface area contributed by atoms with Gasteiger partial charge in [0.15, 0.2) is 0 Å². The van der Waals surface area contributed by atoms with Crippen molar-refractivity contribution in [2.24, 2.45) is 0 Å².